The third-order valence-electron chi connectivity index (χ3n) is 2.84. The number of nitrogens with one attached hydrogen (secondary N) is 1. The van der Waals surface area contributed by atoms with Crippen LogP contribution in [0, 0.1) is 0 Å². The summed E-state index contributed by atoms with van der Waals surface area (Å²) < 4.78 is 0. The molecule has 0 spiro atoms. The summed E-state index contributed by atoms with van der Waals surface area (Å²) in [5.74, 6) is -0.542. The minimum Gasteiger partial charge on any atom is -0.481 e. The van der Waals surface area contributed by atoms with Gasteiger partial charge in [0.1, 0.15) is 6.04 Å². The van der Waals surface area contributed by atoms with E-state index in [1.807, 2.05) is 30.3 Å². The standard InChI is InChI=1S/C14H16N2O3S/c1-9(7-12(17)18)15-13(19)11-8-20-14(16-11)10-5-3-2-4-6-10/h2-6,9,11H,7-8H2,1H3,(H,15,19)(H,17,18). The van der Waals surface area contributed by atoms with Gasteiger partial charge in [0.2, 0.25) is 5.91 Å². The van der Waals surface area contributed by atoms with Gasteiger partial charge in [0.25, 0.3) is 0 Å². The molecule has 0 radical (unpaired) electrons. The molecule has 0 saturated carbocycles. The molecule has 5 nitrogen and oxygen atoms in total. The van der Waals surface area contributed by atoms with Crippen molar-refractivity contribution in [2.75, 3.05) is 5.75 Å². The Morgan fingerprint density at radius 2 is 2.15 bits per heavy atom. The van der Waals surface area contributed by atoms with E-state index in [9.17, 15) is 9.59 Å². The number of rotatable bonds is 5. The molecule has 1 aromatic carbocycles. The number of thioether (sulfide) groups is 1. The molecule has 106 valence electrons. The lowest BCUT2D eigenvalue weighted by atomic mass is 10.2. The largest absolute Gasteiger partial charge is 0.481 e. The number of carbonyl (C=O) groups excluding carboxylic acids is 1. The van der Waals surface area contributed by atoms with Gasteiger partial charge >= 0.3 is 5.97 Å². The fraction of sp³-hybridized carbons (Fsp3) is 0.357. The summed E-state index contributed by atoms with van der Waals surface area (Å²) in [7, 11) is 0. The third kappa shape index (κ3) is 3.84. The summed E-state index contributed by atoms with van der Waals surface area (Å²) >= 11 is 1.55. The predicted molar refractivity (Wildman–Crippen MR) is 79.1 cm³/mol. The number of carbonyl (C=O) groups is 2. The van der Waals surface area contributed by atoms with Crippen LogP contribution in [0.15, 0.2) is 35.3 Å². The Morgan fingerprint density at radius 1 is 1.45 bits per heavy atom. The Balaban J connectivity index is 1.96. The quantitative estimate of drug-likeness (QED) is 0.862. The minimum absolute atomic E-state index is 0.0825. The minimum atomic E-state index is -0.924. The van der Waals surface area contributed by atoms with Crippen LogP contribution in [0.5, 0.6) is 0 Å². The van der Waals surface area contributed by atoms with Gasteiger partial charge in [0.15, 0.2) is 0 Å². The van der Waals surface area contributed by atoms with Crippen LogP contribution in [0.4, 0.5) is 0 Å². The van der Waals surface area contributed by atoms with Crippen molar-refractivity contribution in [3.8, 4) is 0 Å². The second-order valence-corrected chi connectivity index (χ2v) is 5.64. The van der Waals surface area contributed by atoms with E-state index in [2.05, 4.69) is 10.3 Å². The van der Waals surface area contributed by atoms with Crippen LogP contribution >= 0.6 is 11.8 Å². The van der Waals surface area contributed by atoms with Gasteiger partial charge in [0.05, 0.1) is 11.5 Å². The second kappa shape index (κ2) is 6.56. The van der Waals surface area contributed by atoms with Gasteiger partial charge in [-0.3, -0.25) is 14.6 Å². The molecule has 0 saturated heterocycles. The molecule has 2 N–H and O–H groups in total. The van der Waals surface area contributed by atoms with Gasteiger partial charge in [-0.15, -0.1) is 11.8 Å². The molecular weight excluding hydrogens is 276 g/mol. The zero-order chi connectivity index (χ0) is 14.5. The van der Waals surface area contributed by atoms with Crippen LogP contribution < -0.4 is 5.32 Å². The molecule has 0 aromatic heterocycles. The monoisotopic (exact) mass is 292 g/mol. The highest BCUT2D eigenvalue weighted by atomic mass is 32.2. The molecule has 2 unspecified atom stereocenters. The Kier molecular flexibility index (Phi) is 4.79. The van der Waals surface area contributed by atoms with E-state index in [4.69, 9.17) is 5.11 Å². The lowest BCUT2D eigenvalue weighted by Gasteiger charge is -2.13. The highest BCUT2D eigenvalue weighted by Gasteiger charge is 2.26. The van der Waals surface area contributed by atoms with Crippen LogP contribution in [0.2, 0.25) is 0 Å². The van der Waals surface area contributed by atoms with Crippen molar-refractivity contribution in [1.29, 1.82) is 0 Å². The van der Waals surface area contributed by atoms with Crippen molar-refractivity contribution in [1.82, 2.24) is 5.32 Å². The van der Waals surface area contributed by atoms with Crippen molar-refractivity contribution >= 4 is 28.7 Å². The average molecular weight is 292 g/mol. The molecule has 1 heterocycles. The van der Waals surface area contributed by atoms with E-state index in [1.54, 1.807) is 18.7 Å². The summed E-state index contributed by atoms with van der Waals surface area (Å²) in [5, 5.41) is 12.2. The Labute approximate surface area is 121 Å². The number of aliphatic imine (C=N–C) groups is 1. The van der Waals surface area contributed by atoms with E-state index >= 15 is 0 Å². The number of amides is 1. The number of hydrogen-bond donors (Lipinski definition) is 2. The molecule has 1 aromatic rings. The normalized spacial score (nSPS) is 19.2. The molecule has 0 fully saturated rings. The molecule has 0 aliphatic carbocycles. The van der Waals surface area contributed by atoms with E-state index < -0.39 is 12.0 Å². The first-order chi connectivity index (χ1) is 9.56. The molecule has 20 heavy (non-hydrogen) atoms. The van der Waals surface area contributed by atoms with Crippen LogP contribution in [-0.2, 0) is 9.59 Å². The summed E-state index contributed by atoms with van der Waals surface area (Å²) in [6.07, 6.45) is -0.0825. The lowest BCUT2D eigenvalue weighted by molar-refractivity contribution is -0.137. The first-order valence-electron chi connectivity index (χ1n) is 6.34. The molecule has 1 amide bonds. The van der Waals surface area contributed by atoms with Gasteiger partial charge in [-0.25, -0.2) is 0 Å². The van der Waals surface area contributed by atoms with E-state index in [-0.39, 0.29) is 18.4 Å². The third-order valence-corrected chi connectivity index (χ3v) is 3.94. The second-order valence-electron chi connectivity index (χ2n) is 4.63. The van der Waals surface area contributed by atoms with Crippen LogP contribution in [0.3, 0.4) is 0 Å². The van der Waals surface area contributed by atoms with E-state index in [0.717, 1.165) is 10.6 Å². The van der Waals surface area contributed by atoms with Gasteiger partial charge in [0, 0.05) is 17.4 Å². The maximum atomic E-state index is 12.0. The van der Waals surface area contributed by atoms with Crippen molar-refractivity contribution in [2.24, 2.45) is 4.99 Å². The smallest absolute Gasteiger partial charge is 0.305 e. The summed E-state index contributed by atoms with van der Waals surface area (Å²) in [6.45, 7) is 1.68. The molecule has 1 aliphatic heterocycles. The number of hydrogen-bond acceptors (Lipinski definition) is 4. The number of carboxylic acid groups (broad SMARTS) is 1. The summed E-state index contributed by atoms with van der Waals surface area (Å²) in [5.41, 5.74) is 1.01. The van der Waals surface area contributed by atoms with Crippen LogP contribution in [0.25, 0.3) is 0 Å². The predicted octanol–water partition coefficient (Wildman–Crippen LogP) is 1.53. The fourth-order valence-corrected chi connectivity index (χ4v) is 2.95. The van der Waals surface area contributed by atoms with E-state index in [0.29, 0.717) is 5.75 Å². The maximum Gasteiger partial charge on any atom is 0.305 e. The Morgan fingerprint density at radius 3 is 2.80 bits per heavy atom. The van der Waals surface area contributed by atoms with Crippen molar-refractivity contribution < 1.29 is 14.7 Å². The number of aliphatic carboxylic acids is 1. The van der Waals surface area contributed by atoms with E-state index in [1.165, 1.54) is 0 Å². The molecule has 6 heteroatoms. The van der Waals surface area contributed by atoms with Crippen molar-refractivity contribution in [2.45, 2.75) is 25.4 Å². The zero-order valence-electron chi connectivity index (χ0n) is 11.1. The summed E-state index contributed by atoms with van der Waals surface area (Å²) in [6, 6.07) is 8.88. The van der Waals surface area contributed by atoms with Crippen molar-refractivity contribution in [3.05, 3.63) is 35.9 Å². The maximum absolute atomic E-state index is 12.0. The Hall–Kier alpha value is -1.82. The molecule has 0 bridgehead atoms. The fourth-order valence-electron chi connectivity index (χ4n) is 1.90. The van der Waals surface area contributed by atoms with Gasteiger partial charge in [-0.05, 0) is 6.92 Å². The molecule has 2 rings (SSSR count). The van der Waals surface area contributed by atoms with Crippen molar-refractivity contribution in [3.63, 3.8) is 0 Å². The van der Waals surface area contributed by atoms with Gasteiger partial charge in [-0.1, -0.05) is 30.3 Å². The van der Waals surface area contributed by atoms with Crippen LogP contribution in [0.1, 0.15) is 18.9 Å². The first-order valence-corrected chi connectivity index (χ1v) is 7.33. The lowest BCUT2D eigenvalue weighted by Crippen LogP contribution is -2.40. The number of carboxylic acids is 1. The Bertz CT molecular complexity index is 530. The molecular formula is C14H16N2O3S. The zero-order valence-corrected chi connectivity index (χ0v) is 11.9. The first kappa shape index (κ1) is 14.6. The topological polar surface area (TPSA) is 78.8 Å². The number of benzene rings is 1. The average Bonchev–Trinajstić information content (AvgIpc) is 2.88. The highest BCUT2D eigenvalue weighted by molar-refractivity contribution is 8.14. The molecule has 1 aliphatic rings. The number of nitrogens with zero attached hydrogens (tertiary/aromatic N) is 1. The highest BCUT2D eigenvalue weighted by Crippen LogP contribution is 2.23. The van der Waals surface area contributed by atoms with Crippen LogP contribution in [-0.4, -0.2) is 39.9 Å². The summed E-state index contributed by atoms with van der Waals surface area (Å²) in [4.78, 5) is 27.0. The SMILES string of the molecule is CC(CC(=O)O)NC(=O)C1CSC(c2ccccc2)=N1. The van der Waals surface area contributed by atoms with Gasteiger partial charge < -0.3 is 10.4 Å². The molecule has 2 atom stereocenters. The van der Waals surface area contributed by atoms with Gasteiger partial charge in [-0.2, -0.15) is 0 Å².